The second-order valence-corrected chi connectivity index (χ2v) is 22.3. The fourth-order valence-electron chi connectivity index (χ4n) is 8.98. The molecule has 0 aromatic heterocycles. The van der Waals surface area contributed by atoms with Crippen LogP contribution in [0.5, 0.6) is 0 Å². The SMILES string of the molecule is CCCC(C)=NCCN(CCO)CC(O)COCC(COCC(O)CN(CCO)CCN=C(C)CC(C)C)(COCC(O)CN(CCO)CCN=C(C)CC(C)C)COCC(O)CN(CCO)CCN=C(C)CC(C)C. The van der Waals surface area contributed by atoms with Gasteiger partial charge in [-0.15, -0.1) is 0 Å². The number of hydrogen-bond acceptors (Lipinski definition) is 20. The smallest absolute Gasteiger partial charge is 0.0900 e. The summed E-state index contributed by atoms with van der Waals surface area (Å²) in [7, 11) is 0. The second-order valence-electron chi connectivity index (χ2n) is 22.3. The minimum Gasteiger partial charge on any atom is -0.395 e. The standard InChI is InChI=1S/C56H114N8O12/c1-12-13-48(8)57-14-18-61(22-26-65)33-52(69)37-73-41-56(42-74-38-53(70)34-62(23-27-66)19-15-58-49(9)30-45(2)3,43-75-39-54(71)35-63(24-28-67)20-16-59-50(10)31-46(4)5)44-76-40-55(72)36-64(25-29-68)21-17-60-51(11)32-47(6)7/h45-47,52-55,65-72H,12-44H2,1-11H3. The van der Waals surface area contributed by atoms with Crippen LogP contribution in [0.25, 0.3) is 0 Å². The van der Waals surface area contributed by atoms with Crippen LogP contribution in [-0.2, 0) is 18.9 Å². The fraction of sp³-hybridized carbons (Fsp3) is 0.929. The highest BCUT2D eigenvalue weighted by Crippen LogP contribution is 2.22. The number of aliphatic hydroxyl groups is 8. The summed E-state index contributed by atoms with van der Waals surface area (Å²) in [6.07, 6.45) is 0.881. The molecule has 0 rings (SSSR count). The van der Waals surface area contributed by atoms with Crippen molar-refractivity contribution >= 4 is 22.8 Å². The lowest BCUT2D eigenvalue weighted by atomic mass is 9.92. The summed E-state index contributed by atoms with van der Waals surface area (Å²) in [5.41, 5.74) is 3.16. The van der Waals surface area contributed by atoms with Crippen LogP contribution in [0.3, 0.4) is 0 Å². The molecule has 4 unspecified atom stereocenters. The zero-order valence-corrected chi connectivity index (χ0v) is 49.7. The average Bonchev–Trinajstić information content (AvgIpc) is 3.31. The number of aliphatic imine (C=N–C) groups is 4. The lowest BCUT2D eigenvalue weighted by Crippen LogP contribution is -2.46. The Morgan fingerprint density at radius 1 is 0.395 bits per heavy atom. The van der Waals surface area contributed by atoms with Gasteiger partial charge < -0.3 is 59.8 Å². The van der Waals surface area contributed by atoms with E-state index in [9.17, 15) is 40.9 Å². The molecule has 0 heterocycles. The Morgan fingerprint density at radius 3 is 0.842 bits per heavy atom. The van der Waals surface area contributed by atoms with Gasteiger partial charge in [-0.25, -0.2) is 0 Å². The maximum atomic E-state index is 11.3. The van der Waals surface area contributed by atoms with E-state index in [2.05, 4.69) is 53.5 Å². The topological polar surface area (TPSA) is 261 Å². The molecule has 0 aromatic rings. The minimum atomic E-state index is -1.08. The first kappa shape index (κ1) is 74.0. The van der Waals surface area contributed by atoms with Crippen LogP contribution in [0.1, 0.15) is 108 Å². The molecule has 20 nitrogen and oxygen atoms in total. The molecule has 20 heteroatoms. The first-order valence-corrected chi connectivity index (χ1v) is 28.6. The van der Waals surface area contributed by atoms with Crippen LogP contribution in [0.15, 0.2) is 20.0 Å². The summed E-state index contributed by atoms with van der Waals surface area (Å²) in [5, 5.41) is 84.6. The summed E-state index contributed by atoms with van der Waals surface area (Å²) in [6.45, 7) is 28.9. The third-order valence-electron chi connectivity index (χ3n) is 12.3. The van der Waals surface area contributed by atoms with Crippen molar-refractivity contribution in [3.05, 3.63) is 0 Å². The number of hydrogen-bond donors (Lipinski definition) is 8. The van der Waals surface area contributed by atoms with Gasteiger partial charge >= 0.3 is 0 Å². The highest BCUT2D eigenvalue weighted by Gasteiger charge is 2.34. The van der Waals surface area contributed by atoms with E-state index in [1.165, 1.54) is 0 Å². The monoisotopic (exact) mass is 1090 g/mol. The predicted molar refractivity (Wildman–Crippen MR) is 309 cm³/mol. The van der Waals surface area contributed by atoms with Crippen LogP contribution in [0, 0.1) is 23.2 Å². The van der Waals surface area contributed by atoms with E-state index in [0.717, 1.165) is 55.0 Å². The molecule has 0 spiro atoms. The van der Waals surface area contributed by atoms with E-state index < -0.39 is 29.8 Å². The average molecular weight is 1090 g/mol. The zero-order valence-electron chi connectivity index (χ0n) is 49.7. The van der Waals surface area contributed by atoms with E-state index in [1.54, 1.807) is 0 Å². The van der Waals surface area contributed by atoms with E-state index in [0.29, 0.717) is 96.3 Å². The summed E-state index contributed by atoms with van der Waals surface area (Å²) in [6, 6.07) is 0. The number of aliphatic hydroxyl groups excluding tert-OH is 8. The van der Waals surface area contributed by atoms with Crippen molar-refractivity contribution in [2.24, 2.45) is 43.1 Å². The van der Waals surface area contributed by atoms with Crippen molar-refractivity contribution in [2.45, 2.75) is 133 Å². The largest absolute Gasteiger partial charge is 0.395 e. The molecule has 0 aromatic carbocycles. The van der Waals surface area contributed by atoms with E-state index in [1.807, 2.05) is 47.3 Å². The molecule has 0 aliphatic rings. The summed E-state index contributed by atoms with van der Waals surface area (Å²) in [4.78, 5) is 26.5. The normalized spacial score (nSPS) is 15.9. The lowest BCUT2D eigenvalue weighted by molar-refractivity contribution is -0.134. The Bertz CT molecular complexity index is 1380. The highest BCUT2D eigenvalue weighted by atomic mass is 16.5. The lowest BCUT2D eigenvalue weighted by Gasteiger charge is -2.35. The van der Waals surface area contributed by atoms with Crippen molar-refractivity contribution in [2.75, 3.05) is 184 Å². The molecule has 0 aliphatic carbocycles. The van der Waals surface area contributed by atoms with Gasteiger partial charge in [0.05, 0.1) is 135 Å². The van der Waals surface area contributed by atoms with Gasteiger partial charge in [-0.3, -0.25) is 39.6 Å². The van der Waals surface area contributed by atoms with Crippen LogP contribution in [-0.4, -0.2) is 292 Å². The van der Waals surface area contributed by atoms with Gasteiger partial charge in [0.2, 0.25) is 0 Å². The van der Waals surface area contributed by atoms with Gasteiger partial charge in [0.25, 0.3) is 0 Å². The van der Waals surface area contributed by atoms with Gasteiger partial charge in [-0.1, -0.05) is 54.9 Å². The first-order valence-electron chi connectivity index (χ1n) is 28.6. The van der Waals surface area contributed by atoms with Gasteiger partial charge in [-0.2, -0.15) is 0 Å². The maximum Gasteiger partial charge on any atom is 0.0900 e. The summed E-state index contributed by atoms with van der Waals surface area (Å²) in [5.74, 6) is 1.47. The van der Waals surface area contributed by atoms with Gasteiger partial charge in [0.1, 0.15) is 0 Å². The summed E-state index contributed by atoms with van der Waals surface area (Å²) < 4.78 is 25.2. The van der Waals surface area contributed by atoms with Gasteiger partial charge in [-0.05, 0) is 71.1 Å². The van der Waals surface area contributed by atoms with Crippen molar-refractivity contribution in [3.63, 3.8) is 0 Å². The second kappa shape index (κ2) is 46.8. The van der Waals surface area contributed by atoms with Crippen molar-refractivity contribution < 1.29 is 59.8 Å². The Morgan fingerprint density at radius 2 is 0.632 bits per heavy atom. The molecule has 76 heavy (non-hydrogen) atoms. The minimum absolute atomic E-state index is 0.0358. The fourth-order valence-corrected chi connectivity index (χ4v) is 8.98. The number of rotatable bonds is 52. The molecule has 0 amide bonds. The molecular formula is C56H114N8O12. The van der Waals surface area contributed by atoms with Crippen molar-refractivity contribution in [3.8, 4) is 0 Å². The molecule has 0 fully saturated rings. The predicted octanol–water partition coefficient (Wildman–Crippen LogP) is 2.44. The Labute approximate surface area is 460 Å². The van der Waals surface area contributed by atoms with Crippen molar-refractivity contribution in [1.82, 2.24) is 19.6 Å². The molecule has 450 valence electrons. The molecule has 8 N–H and O–H groups in total. The van der Waals surface area contributed by atoms with Crippen molar-refractivity contribution in [1.29, 1.82) is 0 Å². The molecule has 4 atom stereocenters. The molecule has 0 radical (unpaired) electrons. The van der Waals surface area contributed by atoms with Gasteiger partial charge in [0.15, 0.2) is 0 Å². The quantitative estimate of drug-likeness (QED) is 0.0407. The van der Waals surface area contributed by atoms with E-state index >= 15 is 0 Å². The van der Waals surface area contributed by atoms with Crippen LogP contribution in [0.2, 0.25) is 0 Å². The van der Waals surface area contributed by atoms with E-state index in [4.69, 9.17) is 33.9 Å². The third kappa shape index (κ3) is 42.0. The molecule has 0 bridgehead atoms. The van der Waals surface area contributed by atoms with Gasteiger partial charge in [0, 0.05) is 101 Å². The Balaban J connectivity index is 6.63. The number of ether oxygens (including phenoxy) is 4. The van der Waals surface area contributed by atoms with Crippen LogP contribution < -0.4 is 0 Å². The molecule has 0 saturated carbocycles. The first-order chi connectivity index (χ1) is 36.2. The summed E-state index contributed by atoms with van der Waals surface area (Å²) >= 11 is 0. The van der Waals surface area contributed by atoms with Crippen LogP contribution in [0.4, 0.5) is 0 Å². The molecular weight excluding hydrogens is 977 g/mol. The number of nitrogens with zero attached hydrogens (tertiary/aromatic N) is 8. The Kier molecular flexibility index (Phi) is 45.6. The van der Waals surface area contributed by atoms with E-state index in [-0.39, 0.29) is 105 Å². The van der Waals surface area contributed by atoms with Crippen LogP contribution >= 0.6 is 0 Å². The Hall–Kier alpha value is -1.96. The maximum absolute atomic E-state index is 11.3. The molecule has 0 saturated heterocycles. The zero-order chi connectivity index (χ0) is 57.2. The third-order valence-corrected chi connectivity index (χ3v) is 12.3. The molecule has 0 aliphatic heterocycles. The highest BCUT2D eigenvalue weighted by molar-refractivity contribution is 5.83.